The van der Waals surface area contributed by atoms with Crippen LogP contribution in [0.3, 0.4) is 0 Å². The monoisotopic (exact) mass is 344 g/mol. The number of hydrogen-bond acceptors (Lipinski definition) is 6. The van der Waals surface area contributed by atoms with Crippen molar-refractivity contribution in [1.82, 2.24) is 19.7 Å². The van der Waals surface area contributed by atoms with Gasteiger partial charge in [0.05, 0.1) is 18.2 Å². The van der Waals surface area contributed by atoms with E-state index in [2.05, 4.69) is 15.2 Å². The molecule has 0 bridgehead atoms. The molecule has 7 nitrogen and oxygen atoms in total. The topological polar surface area (TPSA) is 71.3 Å². The SMILES string of the molecule is COC[C@@H]1COc2c(ccnc2OCC(F)(F)F)-c2nnc(C)n21. The highest BCUT2D eigenvalue weighted by Crippen LogP contribution is 2.40. The summed E-state index contributed by atoms with van der Waals surface area (Å²) < 4.78 is 54.8. The van der Waals surface area contributed by atoms with Gasteiger partial charge in [0.2, 0.25) is 0 Å². The van der Waals surface area contributed by atoms with Crippen LogP contribution in [0.4, 0.5) is 13.2 Å². The number of aromatic nitrogens is 4. The van der Waals surface area contributed by atoms with Crippen molar-refractivity contribution in [2.24, 2.45) is 0 Å². The van der Waals surface area contributed by atoms with Gasteiger partial charge in [-0.25, -0.2) is 4.98 Å². The van der Waals surface area contributed by atoms with Gasteiger partial charge in [0.25, 0.3) is 5.88 Å². The van der Waals surface area contributed by atoms with Crippen LogP contribution >= 0.6 is 0 Å². The maximum atomic E-state index is 12.4. The molecule has 24 heavy (non-hydrogen) atoms. The number of alkyl halides is 3. The molecule has 2 aromatic heterocycles. The molecule has 0 saturated carbocycles. The Balaban J connectivity index is 2.02. The molecule has 0 unspecified atom stereocenters. The Morgan fingerprint density at radius 3 is 2.88 bits per heavy atom. The minimum absolute atomic E-state index is 0.119. The summed E-state index contributed by atoms with van der Waals surface area (Å²) in [6, 6.07) is 1.38. The summed E-state index contributed by atoms with van der Waals surface area (Å²) in [7, 11) is 1.55. The van der Waals surface area contributed by atoms with E-state index in [1.807, 2.05) is 4.57 Å². The van der Waals surface area contributed by atoms with Crippen LogP contribution in [0.15, 0.2) is 12.3 Å². The van der Waals surface area contributed by atoms with Crippen molar-refractivity contribution in [3.8, 4) is 23.0 Å². The summed E-state index contributed by atoms with van der Waals surface area (Å²) in [5, 5.41) is 8.16. The van der Waals surface area contributed by atoms with Gasteiger partial charge in [-0.3, -0.25) is 0 Å². The van der Waals surface area contributed by atoms with E-state index in [1.54, 1.807) is 20.1 Å². The lowest BCUT2D eigenvalue weighted by atomic mass is 10.2. The summed E-state index contributed by atoms with van der Waals surface area (Å²) in [6.45, 7) is 0.840. The largest absolute Gasteiger partial charge is 0.485 e. The lowest BCUT2D eigenvalue weighted by Crippen LogP contribution is -2.22. The molecule has 0 amide bonds. The summed E-state index contributed by atoms with van der Waals surface area (Å²) in [6.07, 6.45) is -3.12. The zero-order valence-corrected chi connectivity index (χ0v) is 13.0. The van der Waals surface area contributed by atoms with Crippen LogP contribution in [0.2, 0.25) is 0 Å². The van der Waals surface area contributed by atoms with Crippen molar-refractivity contribution in [2.75, 3.05) is 26.9 Å². The van der Waals surface area contributed by atoms with E-state index in [-0.39, 0.29) is 24.3 Å². The van der Waals surface area contributed by atoms with Crippen molar-refractivity contribution >= 4 is 0 Å². The number of ether oxygens (including phenoxy) is 3. The highest BCUT2D eigenvalue weighted by molar-refractivity contribution is 5.68. The van der Waals surface area contributed by atoms with Gasteiger partial charge >= 0.3 is 6.18 Å². The van der Waals surface area contributed by atoms with Gasteiger partial charge in [0, 0.05) is 13.3 Å². The van der Waals surface area contributed by atoms with Crippen molar-refractivity contribution in [3.63, 3.8) is 0 Å². The predicted octanol–water partition coefficient (Wildman–Crippen LogP) is 2.17. The molecule has 1 aliphatic heterocycles. The van der Waals surface area contributed by atoms with Gasteiger partial charge < -0.3 is 18.8 Å². The second kappa shape index (κ2) is 6.27. The molecule has 130 valence electrons. The average molecular weight is 344 g/mol. The Kier molecular flexibility index (Phi) is 4.31. The molecule has 0 spiro atoms. The van der Waals surface area contributed by atoms with E-state index < -0.39 is 12.8 Å². The van der Waals surface area contributed by atoms with Gasteiger partial charge in [-0.15, -0.1) is 10.2 Å². The molecule has 0 aromatic carbocycles. The van der Waals surface area contributed by atoms with Crippen LogP contribution in [0.1, 0.15) is 11.9 Å². The van der Waals surface area contributed by atoms with Crippen molar-refractivity contribution in [1.29, 1.82) is 0 Å². The standard InChI is InChI=1S/C14H15F3N4O3/c1-8-19-20-12-10-3-4-18-13(24-7-14(15,16)17)11(10)23-6-9(5-22-2)21(8)12/h3-4,9H,5-7H2,1-2H3/t9-/m1/s1. The van der Waals surface area contributed by atoms with Crippen LogP contribution in [0.25, 0.3) is 11.4 Å². The summed E-state index contributed by atoms with van der Waals surface area (Å²) in [4.78, 5) is 3.85. The zero-order chi connectivity index (χ0) is 17.3. The number of hydrogen-bond donors (Lipinski definition) is 0. The Hall–Kier alpha value is -2.36. The molecule has 0 saturated heterocycles. The lowest BCUT2D eigenvalue weighted by molar-refractivity contribution is -0.154. The normalized spacial score (nSPS) is 16.8. The summed E-state index contributed by atoms with van der Waals surface area (Å²) in [5.41, 5.74) is 0.473. The zero-order valence-electron chi connectivity index (χ0n) is 13.0. The van der Waals surface area contributed by atoms with Crippen LogP contribution in [0, 0.1) is 6.92 Å². The first kappa shape index (κ1) is 16.5. The van der Waals surface area contributed by atoms with Gasteiger partial charge in [0.1, 0.15) is 12.4 Å². The second-order valence-corrected chi connectivity index (χ2v) is 5.26. The Morgan fingerprint density at radius 1 is 1.38 bits per heavy atom. The van der Waals surface area contributed by atoms with Crippen molar-refractivity contribution < 1.29 is 27.4 Å². The van der Waals surface area contributed by atoms with Crippen LogP contribution in [-0.2, 0) is 4.74 Å². The number of methoxy groups -OCH3 is 1. The molecule has 1 atom stereocenters. The van der Waals surface area contributed by atoms with Crippen LogP contribution in [-0.4, -0.2) is 52.9 Å². The van der Waals surface area contributed by atoms with Crippen molar-refractivity contribution in [3.05, 3.63) is 18.1 Å². The second-order valence-electron chi connectivity index (χ2n) is 5.26. The maximum Gasteiger partial charge on any atom is 0.422 e. The van der Waals surface area contributed by atoms with Crippen LogP contribution < -0.4 is 9.47 Å². The Morgan fingerprint density at radius 2 is 2.17 bits per heavy atom. The number of nitrogens with zero attached hydrogens (tertiary/aromatic N) is 4. The molecule has 0 radical (unpaired) electrons. The van der Waals surface area contributed by atoms with Gasteiger partial charge in [-0.1, -0.05) is 0 Å². The highest BCUT2D eigenvalue weighted by atomic mass is 19.4. The molecular formula is C14H15F3N4O3. The molecule has 1 aliphatic rings. The predicted molar refractivity (Wildman–Crippen MR) is 75.9 cm³/mol. The summed E-state index contributed by atoms with van der Waals surface area (Å²) in [5.74, 6) is 1.02. The highest BCUT2D eigenvalue weighted by Gasteiger charge is 2.32. The summed E-state index contributed by atoms with van der Waals surface area (Å²) >= 11 is 0. The number of pyridine rings is 1. The lowest BCUT2D eigenvalue weighted by Gasteiger charge is -2.17. The van der Waals surface area contributed by atoms with E-state index >= 15 is 0 Å². The molecule has 3 heterocycles. The molecule has 0 fully saturated rings. The van der Waals surface area contributed by atoms with E-state index in [9.17, 15) is 13.2 Å². The number of rotatable bonds is 4. The molecule has 3 rings (SSSR count). The fourth-order valence-electron chi connectivity index (χ4n) is 2.56. The smallest absolute Gasteiger partial charge is 0.422 e. The van der Waals surface area contributed by atoms with E-state index in [0.717, 1.165) is 0 Å². The third-order valence-corrected chi connectivity index (χ3v) is 3.50. The van der Waals surface area contributed by atoms with Gasteiger partial charge in [0.15, 0.2) is 18.2 Å². The van der Waals surface area contributed by atoms with Gasteiger partial charge in [-0.2, -0.15) is 13.2 Å². The molecule has 10 heteroatoms. The number of halogens is 3. The minimum Gasteiger partial charge on any atom is -0.485 e. The molecule has 2 aromatic rings. The first-order valence-electron chi connectivity index (χ1n) is 7.13. The number of fused-ring (bicyclic) bond motifs is 3. The van der Waals surface area contributed by atoms with E-state index in [1.165, 1.54) is 6.20 Å². The van der Waals surface area contributed by atoms with Crippen LogP contribution in [0.5, 0.6) is 11.6 Å². The van der Waals surface area contributed by atoms with Crippen molar-refractivity contribution in [2.45, 2.75) is 19.1 Å². The third-order valence-electron chi connectivity index (χ3n) is 3.50. The Bertz CT molecular complexity index is 733. The average Bonchev–Trinajstić information content (AvgIpc) is 2.82. The quantitative estimate of drug-likeness (QED) is 0.847. The molecule has 0 aliphatic carbocycles. The molecule has 0 N–H and O–H groups in total. The fourth-order valence-corrected chi connectivity index (χ4v) is 2.56. The first-order chi connectivity index (χ1) is 11.4. The number of aryl methyl sites for hydroxylation is 1. The Labute approximate surface area is 135 Å². The van der Waals surface area contributed by atoms with E-state index in [4.69, 9.17) is 14.2 Å². The maximum absolute atomic E-state index is 12.4. The third kappa shape index (κ3) is 3.14. The van der Waals surface area contributed by atoms with E-state index in [0.29, 0.717) is 23.8 Å². The van der Waals surface area contributed by atoms with Gasteiger partial charge in [-0.05, 0) is 13.0 Å². The fraction of sp³-hybridized carbons (Fsp3) is 0.500. The first-order valence-corrected chi connectivity index (χ1v) is 7.13. The minimum atomic E-state index is -4.47. The molecular weight excluding hydrogens is 329 g/mol.